The van der Waals surface area contributed by atoms with E-state index in [-0.39, 0.29) is 11.6 Å². The number of hydrogen-bond acceptors (Lipinski definition) is 4. The van der Waals surface area contributed by atoms with Crippen LogP contribution in [0, 0.1) is 11.3 Å². The molecule has 0 amide bonds. The Morgan fingerprint density at radius 2 is 1.54 bits per heavy atom. The number of carbonyl (C=O) groups is 1. The van der Waals surface area contributed by atoms with Crippen molar-refractivity contribution >= 4 is 5.97 Å². The molecule has 2 aliphatic carbocycles. The molecule has 0 aromatic heterocycles. The van der Waals surface area contributed by atoms with Crippen LogP contribution in [0.3, 0.4) is 0 Å². The van der Waals surface area contributed by atoms with Crippen LogP contribution in [0.15, 0.2) is 66.7 Å². The van der Waals surface area contributed by atoms with Gasteiger partial charge in [0.15, 0.2) is 0 Å². The lowest BCUT2D eigenvalue weighted by molar-refractivity contribution is -0.168. The molecule has 0 aliphatic heterocycles. The van der Waals surface area contributed by atoms with Crippen molar-refractivity contribution in [3.63, 3.8) is 0 Å². The fourth-order valence-corrected chi connectivity index (χ4v) is 5.43. The Morgan fingerprint density at radius 3 is 2.05 bits per heavy atom. The molecular weight excluding hydrogens is 508 g/mol. The van der Waals surface area contributed by atoms with E-state index in [4.69, 9.17) is 9.84 Å². The van der Waals surface area contributed by atoms with E-state index in [0.29, 0.717) is 29.3 Å². The first kappa shape index (κ1) is 32.2. The Balaban J connectivity index is 0.000000176. The minimum atomic E-state index is -0.391. The van der Waals surface area contributed by atoms with Crippen LogP contribution in [0.5, 0.6) is 11.5 Å². The summed E-state index contributed by atoms with van der Waals surface area (Å²) in [5, 5.41) is 18.6. The average molecular weight is 559 g/mol. The maximum Gasteiger partial charge on any atom is 0.312 e. The molecule has 41 heavy (non-hydrogen) atoms. The van der Waals surface area contributed by atoms with Crippen LogP contribution in [0.25, 0.3) is 0 Å². The van der Waals surface area contributed by atoms with Crippen LogP contribution >= 0.6 is 0 Å². The smallest absolute Gasteiger partial charge is 0.312 e. The molecule has 2 N–H and O–H groups in total. The third-order valence-electron chi connectivity index (χ3n) is 9.15. The molecule has 0 radical (unpaired) electrons. The number of aromatic hydroxyl groups is 2. The van der Waals surface area contributed by atoms with E-state index in [1.807, 2.05) is 58.0 Å². The van der Waals surface area contributed by atoms with E-state index >= 15 is 0 Å². The van der Waals surface area contributed by atoms with Gasteiger partial charge in [0.05, 0.1) is 5.41 Å². The molecule has 4 nitrogen and oxygen atoms in total. The van der Waals surface area contributed by atoms with Gasteiger partial charge in [0, 0.05) is 12.8 Å². The molecule has 0 saturated heterocycles. The number of phenols is 2. The third kappa shape index (κ3) is 8.15. The summed E-state index contributed by atoms with van der Waals surface area (Å²) in [6, 6.07) is 21.6. The van der Waals surface area contributed by atoms with Gasteiger partial charge in [-0.1, -0.05) is 83.1 Å². The highest BCUT2D eigenvalue weighted by Crippen LogP contribution is 2.41. The molecule has 222 valence electrons. The lowest BCUT2D eigenvalue weighted by Gasteiger charge is -2.30. The highest BCUT2D eigenvalue weighted by Gasteiger charge is 2.39. The van der Waals surface area contributed by atoms with Crippen LogP contribution in [0.4, 0.5) is 0 Å². The first-order valence-electron chi connectivity index (χ1n) is 15.2. The SMILES string of the molecule is CC1Cc2c(O)cccc2C1C.CCC(C)(C)C(=O)OC1(C)Cc2ccccc2C1.CCC(C)c1ccc(O)cc1. The normalized spacial score (nSPS) is 19.0. The number of phenolic OH excluding ortho intramolecular Hbond substituents is 2. The highest BCUT2D eigenvalue weighted by molar-refractivity contribution is 5.76. The minimum Gasteiger partial charge on any atom is -0.508 e. The highest BCUT2D eigenvalue weighted by atomic mass is 16.6. The van der Waals surface area contributed by atoms with Crippen molar-refractivity contribution in [2.24, 2.45) is 11.3 Å². The van der Waals surface area contributed by atoms with Crippen molar-refractivity contribution in [2.45, 2.75) is 105 Å². The van der Waals surface area contributed by atoms with Gasteiger partial charge >= 0.3 is 5.97 Å². The summed E-state index contributed by atoms with van der Waals surface area (Å²) in [6.45, 7) is 16.8. The molecule has 3 aromatic rings. The molecular formula is C37H50O4. The van der Waals surface area contributed by atoms with Gasteiger partial charge in [-0.2, -0.15) is 0 Å². The summed E-state index contributed by atoms with van der Waals surface area (Å²) in [4.78, 5) is 12.2. The van der Waals surface area contributed by atoms with Gasteiger partial charge < -0.3 is 14.9 Å². The second-order valence-corrected chi connectivity index (χ2v) is 12.9. The zero-order valence-corrected chi connectivity index (χ0v) is 26.3. The van der Waals surface area contributed by atoms with Crippen molar-refractivity contribution in [3.05, 3.63) is 94.5 Å². The van der Waals surface area contributed by atoms with Crippen molar-refractivity contribution < 1.29 is 19.7 Å². The van der Waals surface area contributed by atoms with Crippen LogP contribution < -0.4 is 0 Å². The van der Waals surface area contributed by atoms with E-state index in [1.165, 1.54) is 22.3 Å². The van der Waals surface area contributed by atoms with Crippen molar-refractivity contribution in [1.82, 2.24) is 0 Å². The second kappa shape index (κ2) is 13.6. The molecule has 3 atom stereocenters. The van der Waals surface area contributed by atoms with Gasteiger partial charge in [0.2, 0.25) is 0 Å². The van der Waals surface area contributed by atoms with Gasteiger partial charge in [-0.05, 0) is 104 Å². The number of rotatable bonds is 5. The Kier molecular flexibility index (Phi) is 10.7. The lowest BCUT2D eigenvalue weighted by atomic mass is 9.90. The maximum absolute atomic E-state index is 12.2. The Bertz CT molecular complexity index is 1270. The summed E-state index contributed by atoms with van der Waals surface area (Å²) in [6.07, 6.45) is 4.63. The predicted molar refractivity (Wildman–Crippen MR) is 169 cm³/mol. The molecule has 5 rings (SSSR count). The molecule has 0 spiro atoms. The topological polar surface area (TPSA) is 66.8 Å². The molecule has 0 fully saturated rings. The summed E-state index contributed by atoms with van der Waals surface area (Å²) < 4.78 is 5.80. The fraction of sp³-hybridized carbons (Fsp3) is 0.486. The third-order valence-corrected chi connectivity index (χ3v) is 9.15. The first-order chi connectivity index (χ1) is 19.3. The van der Waals surface area contributed by atoms with Gasteiger partial charge in [0.1, 0.15) is 17.1 Å². The van der Waals surface area contributed by atoms with Crippen LogP contribution in [-0.4, -0.2) is 21.8 Å². The monoisotopic (exact) mass is 558 g/mol. The van der Waals surface area contributed by atoms with E-state index in [1.54, 1.807) is 18.2 Å². The Hall–Kier alpha value is -3.27. The maximum atomic E-state index is 12.2. The average Bonchev–Trinajstić information content (AvgIpc) is 3.44. The fourth-order valence-electron chi connectivity index (χ4n) is 5.43. The molecule has 2 aliphatic rings. The van der Waals surface area contributed by atoms with Gasteiger partial charge in [-0.3, -0.25) is 4.79 Å². The molecule has 0 bridgehead atoms. The quantitative estimate of drug-likeness (QED) is 0.307. The number of hydrogen-bond donors (Lipinski definition) is 2. The van der Waals surface area contributed by atoms with E-state index in [9.17, 15) is 9.90 Å². The summed E-state index contributed by atoms with van der Waals surface area (Å²) >= 11 is 0. The van der Waals surface area contributed by atoms with Gasteiger partial charge in [-0.15, -0.1) is 0 Å². The molecule has 4 heteroatoms. The standard InChI is InChI=1S/C16H22O2.C11H14O.C10H14O/c1-5-15(2,3)14(17)18-16(4)10-12-8-6-7-9-13(12)11-16;1-7-6-10-9(8(7)2)4-3-5-11(10)12;1-3-8(2)9-4-6-10(11)7-5-9/h6-9H,5,10-11H2,1-4H3;3-5,7-8,12H,6H2,1-2H3;4-8,11H,3H2,1-2H3. The minimum absolute atomic E-state index is 0.0830. The largest absolute Gasteiger partial charge is 0.508 e. The first-order valence-corrected chi connectivity index (χ1v) is 15.2. The van der Waals surface area contributed by atoms with E-state index < -0.39 is 5.41 Å². The molecule has 3 unspecified atom stereocenters. The number of benzene rings is 3. The van der Waals surface area contributed by atoms with Crippen LogP contribution in [-0.2, 0) is 28.8 Å². The van der Waals surface area contributed by atoms with Gasteiger partial charge in [0.25, 0.3) is 0 Å². The number of fused-ring (bicyclic) bond motifs is 2. The Labute approximate surface area is 247 Å². The van der Waals surface area contributed by atoms with Crippen molar-refractivity contribution in [3.8, 4) is 11.5 Å². The summed E-state index contributed by atoms with van der Waals surface area (Å²) in [7, 11) is 0. The second-order valence-electron chi connectivity index (χ2n) is 12.9. The summed E-state index contributed by atoms with van der Waals surface area (Å²) in [5.74, 6) is 2.61. The van der Waals surface area contributed by atoms with Crippen molar-refractivity contribution in [2.75, 3.05) is 0 Å². The zero-order valence-electron chi connectivity index (χ0n) is 26.3. The summed E-state index contributed by atoms with van der Waals surface area (Å²) in [5.41, 5.74) is 5.65. The van der Waals surface area contributed by atoms with Crippen LogP contribution in [0.2, 0.25) is 0 Å². The van der Waals surface area contributed by atoms with Gasteiger partial charge in [-0.25, -0.2) is 0 Å². The Morgan fingerprint density at radius 1 is 0.951 bits per heavy atom. The molecule has 0 heterocycles. The zero-order chi connectivity index (χ0) is 30.4. The number of esters is 1. The number of carbonyl (C=O) groups excluding carboxylic acids is 1. The van der Waals surface area contributed by atoms with Crippen molar-refractivity contribution in [1.29, 1.82) is 0 Å². The lowest BCUT2D eigenvalue weighted by Crippen LogP contribution is -2.38. The van der Waals surface area contributed by atoms with Crippen LogP contribution in [0.1, 0.15) is 108 Å². The predicted octanol–water partition coefficient (Wildman–Crippen LogP) is 9.12. The molecule has 0 saturated carbocycles. The van der Waals surface area contributed by atoms with E-state index in [0.717, 1.165) is 37.7 Å². The number of ether oxygens (including phenoxy) is 1. The van der Waals surface area contributed by atoms with E-state index in [2.05, 4.69) is 45.9 Å². The molecule has 3 aromatic carbocycles.